The van der Waals surface area contributed by atoms with Crippen molar-refractivity contribution in [1.82, 2.24) is 25.2 Å². The van der Waals surface area contributed by atoms with Crippen molar-refractivity contribution in [2.75, 3.05) is 26.2 Å². The van der Waals surface area contributed by atoms with Gasteiger partial charge in [-0.2, -0.15) is 0 Å². The molecule has 1 aromatic carbocycles. The zero-order valence-corrected chi connectivity index (χ0v) is 12.9. The van der Waals surface area contributed by atoms with E-state index in [2.05, 4.69) is 15.6 Å². The molecule has 1 aliphatic rings. The number of benzene rings is 1. The van der Waals surface area contributed by atoms with Crippen molar-refractivity contribution in [3.8, 4) is 0 Å². The molecule has 0 atom stereocenters. The summed E-state index contributed by atoms with van der Waals surface area (Å²) in [6.07, 6.45) is 0.271. The highest BCUT2D eigenvalue weighted by Gasteiger charge is 2.16. The molecule has 1 saturated heterocycles. The molecule has 8 heteroatoms. The summed E-state index contributed by atoms with van der Waals surface area (Å²) < 4.78 is 1.27. The molecule has 0 unspecified atom stereocenters. The maximum atomic E-state index is 12.2. The third-order valence-electron chi connectivity index (χ3n) is 3.64. The lowest BCUT2D eigenvalue weighted by Crippen LogP contribution is -2.46. The van der Waals surface area contributed by atoms with Gasteiger partial charge in [0.15, 0.2) is 0 Å². The summed E-state index contributed by atoms with van der Waals surface area (Å²) in [4.78, 5) is 26.1. The first-order valence-corrected chi connectivity index (χ1v) is 7.07. The van der Waals surface area contributed by atoms with E-state index < -0.39 is 0 Å². The van der Waals surface area contributed by atoms with Gasteiger partial charge in [0.25, 0.3) is 5.56 Å². The second kappa shape index (κ2) is 7.33. The Morgan fingerprint density at radius 1 is 1.23 bits per heavy atom. The molecular weight excluding hydrogens is 306 g/mol. The van der Waals surface area contributed by atoms with E-state index in [1.54, 1.807) is 18.2 Å². The van der Waals surface area contributed by atoms with Crippen LogP contribution < -0.4 is 10.9 Å². The molecule has 0 aliphatic carbocycles. The van der Waals surface area contributed by atoms with Crippen LogP contribution in [0.5, 0.6) is 0 Å². The SMILES string of the molecule is Cl.O=C(CCn1nnc2ccccc2c1=O)N1CCNCC1. The minimum absolute atomic E-state index is 0. The van der Waals surface area contributed by atoms with E-state index >= 15 is 0 Å². The topological polar surface area (TPSA) is 80.1 Å². The summed E-state index contributed by atoms with van der Waals surface area (Å²) in [5.74, 6) is 0.0540. The zero-order valence-electron chi connectivity index (χ0n) is 12.1. The number of hydrogen-bond acceptors (Lipinski definition) is 5. The van der Waals surface area contributed by atoms with Crippen molar-refractivity contribution in [3.63, 3.8) is 0 Å². The predicted molar refractivity (Wildman–Crippen MR) is 85.1 cm³/mol. The normalized spacial score (nSPS) is 14.6. The van der Waals surface area contributed by atoms with Gasteiger partial charge in [0.05, 0.1) is 11.9 Å². The van der Waals surface area contributed by atoms with Gasteiger partial charge in [-0.1, -0.05) is 17.3 Å². The predicted octanol–water partition coefficient (Wildman–Crippen LogP) is 0.0352. The minimum atomic E-state index is -0.200. The Morgan fingerprint density at radius 2 is 1.95 bits per heavy atom. The highest BCUT2D eigenvalue weighted by atomic mass is 35.5. The summed E-state index contributed by atoms with van der Waals surface area (Å²) in [5.41, 5.74) is 0.376. The maximum Gasteiger partial charge on any atom is 0.277 e. The van der Waals surface area contributed by atoms with Crippen molar-refractivity contribution < 1.29 is 4.79 Å². The number of fused-ring (bicyclic) bond motifs is 1. The highest BCUT2D eigenvalue weighted by Crippen LogP contribution is 2.04. The Bertz CT molecular complexity index is 712. The van der Waals surface area contributed by atoms with Gasteiger partial charge in [-0.05, 0) is 12.1 Å². The summed E-state index contributed by atoms with van der Waals surface area (Å²) in [7, 11) is 0. The molecule has 0 saturated carbocycles. The molecule has 1 amide bonds. The standard InChI is InChI=1S/C14H17N5O2.ClH/c20-13(18-9-6-15-7-10-18)5-8-19-14(21)11-3-1-2-4-12(11)16-17-19;/h1-4,15H,5-10H2;1H. The highest BCUT2D eigenvalue weighted by molar-refractivity contribution is 5.85. The second-order valence-electron chi connectivity index (χ2n) is 5.02. The largest absolute Gasteiger partial charge is 0.340 e. The number of carbonyl (C=O) groups is 1. The lowest BCUT2D eigenvalue weighted by atomic mass is 10.2. The first-order valence-electron chi connectivity index (χ1n) is 7.07. The smallest absolute Gasteiger partial charge is 0.277 e. The molecule has 0 radical (unpaired) electrons. The third kappa shape index (κ3) is 3.42. The first-order chi connectivity index (χ1) is 10.3. The van der Waals surface area contributed by atoms with Crippen LogP contribution in [0.15, 0.2) is 29.1 Å². The van der Waals surface area contributed by atoms with Crippen LogP contribution in [-0.2, 0) is 11.3 Å². The van der Waals surface area contributed by atoms with Crippen LogP contribution in [0.4, 0.5) is 0 Å². The van der Waals surface area contributed by atoms with E-state index in [-0.39, 0.29) is 36.8 Å². The van der Waals surface area contributed by atoms with Crippen molar-refractivity contribution in [1.29, 1.82) is 0 Å². The molecule has 118 valence electrons. The minimum Gasteiger partial charge on any atom is -0.340 e. The Balaban J connectivity index is 0.00000176. The quantitative estimate of drug-likeness (QED) is 0.862. The van der Waals surface area contributed by atoms with E-state index in [9.17, 15) is 9.59 Å². The Hall–Kier alpha value is -1.99. The van der Waals surface area contributed by atoms with E-state index in [0.29, 0.717) is 10.9 Å². The van der Waals surface area contributed by atoms with Gasteiger partial charge in [-0.3, -0.25) is 9.59 Å². The Morgan fingerprint density at radius 3 is 2.73 bits per heavy atom. The number of piperazine rings is 1. The molecule has 3 rings (SSSR count). The summed E-state index contributed by atoms with van der Waals surface area (Å²) in [6.45, 7) is 3.34. The zero-order chi connectivity index (χ0) is 14.7. The molecule has 1 aliphatic heterocycles. The fourth-order valence-electron chi connectivity index (χ4n) is 2.44. The van der Waals surface area contributed by atoms with Crippen molar-refractivity contribution in [2.24, 2.45) is 0 Å². The number of nitrogens with zero attached hydrogens (tertiary/aromatic N) is 4. The average Bonchev–Trinajstić information content (AvgIpc) is 2.55. The van der Waals surface area contributed by atoms with Crippen LogP contribution in [0, 0.1) is 0 Å². The number of carbonyl (C=O) groups excluding carboxylic acids is 1. The van der Waals surface area contributed by atoms with Crippen molar-refractivity contribution in [3.05, 3.63) is 34.6 Å². The summed E-state index contributed by atoms with van der Waals surface area (Å²) >= 11 is 0. The Kier molecular flexibility index (Phi) is 5.46. The van der Waals surface area contributed by atoms with Gasteiger partial charge in [-0.25, -0.2) is 4.68 Å². The fourth-order valence-corrected chi connectivity index (χ4v) is 2.44. The molecule has 1 fully saturated rings. The van der Waals surface area contributed by atoms with Gasteiger partial charge in [0, 0.05) is 32.6 Å². The average molecular weight is 324 g/mol. The Labute approximate surface area is 133 Å². The number of hydrogen-bond donors (Lipinski definition) is 1. The molecule has 1 aromatic heterocycles. The molecule has 1 N–H and O–H groups in total. The van der Waals surface area contributed by atoms with E-state index in [1.807, 2.05) is 11.0 Å². The third-order valence-corrected chi connectivity index (χ3v) is 3.64. The summed E-state index contributed by atoms with van der Waals surface area (Å²) in [6, 6.07) is 7.08. The number of aromatic nitrogens is 3. The van der Waals surface area contributed by atoms with Crippen molar-refractivity contribution >= 4 is 29.2 Å². The molecular formula is C14H18ClN5O2. The van der Waals surface area contributed by atoms with Crippen molar-refractivity contribution in [2.45, 2.75) is 13.0 Å². The number of amides is 1. The van der Waals surface area contributed by atoms with E-state index in [1.165, 1.54) is 4.68 Å². The molecule has 22 heavy (non-hydrogen) atoms. The van der Waals surface area contributed by atoms with Crippen LogP contribution in [0.1, 0.15) is 6.42 Å². The maximum absolute atomic E-state index is 12.2. The number of halogens is 1. The molecule has 7 nitrogen and oxygen atoms in total. The van der Waals surface area contributed by atoms with Crippen LogP contribution in [0.25, 0.3) is 10.9 Å². The lowest BCUT2D eigenvalue weighted by molar-refractivity contribution is -0.132. The van der Waals surface area contributed by atoms with Crippen LogP contribution in [0.2, 0.25) is 0 Å². The van der Waals surface area contributed by atoms with Gasteiger partial charge in [0.2, 0.25) is 5.91 Å². The van der Waals surface area contributed by atoms with Gasteiger partial charge >= 0.3 is 0 Å². The first kappa shape index (κ1) is 16.4. The fraction of sp³-hybridized carbons (Fsp3) is 0.429. The van der Waals surface area contributed by atoms with E-state index in [4.69, 9.17) is 0 Å². The van der Waals surface area contributed by atoms with Gasteiger partial charge < -0.3 is 10.2 Å². The number of nitrogens with one attached hydrogen (secondary N) is 1. The van der Waals surface area contributed by atoms with E-state index in [0.717, 1.165) is 26.2 Å². The monoisotopic (exact) mass is 323 g/mol. The molecule has 2 heterocycles. The van der Waals surface area contributed by atoms with Crippen LogP contribution >= 0.6 is 12.4 Å². The van der Waals surface area contributed by atoms with Gasteiger partial charge in [-0.15, -0.1) is 17.5 Å². The summed E-state index contributed by atoms with van der Waals surface area (Å²) in [5, 5.41) is 11.6. The molecule has 0 spiro atoms. The molecule has 0 bridgehead atoms. The van der Waals surface area contributed by atoms with Crippen LogP contribution in [-0.4, -0.2) is 52.0 Å². The van der Waals surface area contributed by atoms with Gasteiger partial charge in [0.1, 0.15) is 5.52 Å². The number of rotatable bonds is 3. The van der Waals surface area contributed by atoms with Crippen LogP contribution in [0.3, 0.4) is 0 Å². The lowest BCUT2D eigenvalue weighted by Gasteiger charge is -2.27. The number of aryl methyl sites for hydroxylation is 1. The molecule has 2 aromatic rings. The second-order valence-corrected chi connectivity index (χ2v) is 5.02.